The number of ether oxygens (including phenoxy) is 1. The SMILES string of the molecule is CC(N)C1CC[N]CO1. The van der Waals surface area contributed by atoms with Crippen molar-refractivity contribution in [3.63, 3.8) is 0 Å². The molecule has 0 aromatic heterocycles. The fourth-order valence-corrected chi connectivity index (χ4v) is 0.930. The van der Waals surface area contributed by atoms with Crippen LogP contribution in [0.5, 0.6) is 0 Å². The summed E-state index contributed by atoms with van der Waals surface area (Å²) in [6.45, 7) is 3.41. The Morgan fingerprint density at radius 2 is 2.56 bits per heavy atom. The molecule has 0 saturated carbocycles. The summed E-state index contributed by atoms with van der Waals surface area (Å²) in [5.74, 6) is 0. The second-order valence-corrected chi connectivity index (χ2v) is 2.43. The minimum atomic E-state index is 0.153. The average Bonchev–Trinajstić information content (AvgIpc) is 1.90. The van der Waals surface area contributed by atoms with Gasteiger partial charge >= 0.3 is 0 Å². The second-order valence-electron chi connectivity index (χ2n) is 2.43. The first-order valence-electron chi connectivity index (χ1n) is 3.31. The predicted molar refractivity (Wildman–Crippen MR) is 35.0 cm³/mol. The zero-order valence-electron chi connectivity index (χ0n) is 5.71. The fraction of sp³-hybridized carbons (Fsp3) is 1.00. The lowest BCUT2D eigenvalue weighted by atomic mass is 10.1. The van der Waals surface area contributed by atoms with Gasteiger partial charge in [0.05, 0.1) is 6.10 Å². The molecule has 1 aliphatic heterocycles. The molecule has 2 N–H and O–H groups in total. The van der Waals surface area contributed by atoms with Gasteiger partial charge in [0.1, 0.15) is 6.73 Å². The van der Waals surface area contributed by atoms with Crippen molar-refractivity contribution in [3.05, 3.63) is 0 Å². The summed E-state index contributed by atoms with van der Waals surface area (Å²) in [7, 11) is 0. The lowest BCUT2D eigenvalue weighted by molar-refractivity contribution is -0.00627. The van der Waals surface area contributed by atoms with Crippen LogP contribution in [0, 0.1) is 0 Å². The summed E-state index contributed by atoms with van der Waals surface area (Å²) in [6, 6.07) is 0.153. The maximum Gasteiger partial charge on any atom is 0.112 e. The van der Waals surface area contributed by atoms with E-state index in [4.69, 9.17) is 10.5 Å². The Balaban J connectivity index is 2.23. The highest BCUT2D eigenvalue weighted by molar-refractivity contribution is 4.71. The molecule has 0 amide bonds. The van der Waals surface area contributed by atoms with E-state index < -0.39 is 0 Å². The Kier molecular flexibility index (Phi) is 2.45. The van der Waals surface area contributed by atoms with Crippen molar-refractivity contribution in [2.45, 2.75) is 25.5 Å². The van der Waals surface area contributed by atoms with Crippen molar-refractivity contribution in [3.8, 4) is 0 Å². The van der Waals surface area contributed by atoms with Gasteiger partial charge in [-0.3, -0.25) is 0 Å². The van der Waals surface area contributed by atoms with E-state index >= 15 is 0 Å². The van der Waals surface area contributed by atoms with Gasteiger partial charge in [-0.2, -0.15) is 0 Å². The first kappa shape index (κ1) is 6.99. The van der Waals surface area contributed by atoms with E-state index in [9.17, 15) is 0 Å². The Hall–Kier alpha value is -0.120. The molecule has 2 atom stereocenters. The number of hydrogen-bond acceptors (Lipinski definition) is 2. The highest BCUT2D eigenvalue weighted by Crippen LogP contribution is 2.05. The lowest BCUT2D eigenvalue weighted by Gasteiger charge is -2.24. The largest absolute Gasteiger partial charge is 0.360 e. The third-order valence-corrected chi connectivity index (χ3v) is 1.54. The zero-order valence-corrected chi connectivity index (χ0v) is 5.71. The van der Waals surface area contributed by atoms with Gasteiger partial charge in [-0.15, -0.1) is 0 Å². The fourth-order valence-electron chi connectivity index (χ4n) is 0.930. The Morgan fingerprint density at radius 3 is 2.89 bits per heavy atom. The van der Waals surface area contributed by atoms with E-state index in [0.29, 0.717) is 6.73 Å². The van der Waals surface area contributed by atoms with E-state index in [2.05, 4.69) is 5.32 Å². The van der Waals surface area contributed by atoms with E-state index in [1.165, 1.54) is 0 Å². The van der Waals surface area contributed by atoms with Gasteiger partial charge in [0.2, 0.25) is 0 Å². The minimum Gasteiger partial charge on any atom is -0.360 e. The van der Waals surface area contributed by atoms with Crippen LogP contribution in [0.2, 0.25) is 0 Å². The van der Waals surface area contributed by atoms with Crippen molar-refractivity contribution >= 4 is 0 Å². The molecule has 1 fully saturated rings. The molecule has 0 spiro atoms. The topological polar surface area (TPSA) is 49.4 Å². The predicted octanol–water partition coefficient (Wildman–Crippen LogP) is -0.316. The molecule has 0 aliphatic carbocycles. The Bertz CT molecular complexity index is 79.1. The van der Waals surface area contributed by atoms with Gasteiger partial charge in [-0.05, 0) is 13.3 Å². The van der Waals surface area contributed by atoms with Crippen LogP contribution in [0.4, 0.5) is 0 Å². The molecule has 1 heterocycles. The molecule has 3 nitrogen and oxygen atoms in total. The molecule has 9 heavy (non-hydrogen) atoms. The van der Waals surface area contributed by atoms with Gasteiger partial charge in [-0.1, -0.05) is 0 Å². The summed E-state index contributed by atoms with van der Waals surface area (Å²) < 4.78 is 5.25. The molecule has 3 heteroatoms. The third-order valence-electron chi connectivity index (χ3n) is 1.54. The number of hydrogen-bond donors (Lipinski definition) is 1. The highest BCUT2D eigenvalue weighted by atomic mass is 16.5. The molecule has 1 aliphatic rings. The van der Waals surface area contributed by atoms with Gasteiger partial charge in [0.25, 0.3) is 0 Å². The van der Waals surface area contributed by atoms with Crippen LogP contribution < -0.4 is 11.1 Å². The first-order chi connectivity index (χ1) is 4.30. The molecule has 1 rings (SSSR count). The van der Waals surface area contributed by atoms with Gasteiger partial charge in [0.15, 0.2) is 0 Å². The van der Waals surface area contributed by atoms with E-state index in [1.807, 2.05) is 6.92 Å². The van der Waals surface area contributed by atoms with Crippen LogP contribution in [0.3, 0.4) is 0 Å². The first-order valence-corrected chi connectivity index (χ1v) is 3.31. The second kappa shape index (κ2) is 3.15. The van der Waals surface area contributed by atoms with Gasteiger partial charge in [0, 0.05) is 12.6 Å². The standard InChI is InChI=1S/C6H13N2O/c1-5(7)6-2-3-8-4-9-6/h5-6H,2-4,7H2,1H3. The van der Waals surface area contributed by atoms with Crippen LogP contribution in [0.1, 0.15) is 13.3 Å². The summed E-state index contributed by atoms with van der Waals surface area (Å²) in [6.07, 6.45) is 1.22. The number of nitrogens with zero attached hydrogens (tertiary/aromatic N) is 1. The van der Waals surface area contributed by atoms with Crippen molar-refractivity contribution in [1.29, 1.82) is 0 Å². The summed E-state index contributed by atoms with van der Waals surface area (Å²) in [5, 5.41) is 4.03. The molecule has 0 aromatic carbocycles. The average molecular weight is 129 g/mol. The molecule has 1 radical (unpaired) electrons. The van der Waals surface area contributed by atoms with Gasteiger partial charge < -0.3 is 10.5 Å². The van der Waals surface area contributed by atoms with E-state index in [-0.39, 0.29) is 12.1 Å². The van der Waals surface area contributed by atoms with Crippen LogP contribution >= 0.6 is 0 Å². The number of nitrogens with two attached hydrogens (primary N) is 1. The maximum atomic E-state index is 5.60. The van der Waals surface area contributed by atoms with Crippen molar-refractivity contribution in [1.82, 2.24) is 5.32 Å². The molecule has 0 aromatic rings. The molecule has 2 unspecified atom stereocenters. The molecular formula is C6H13N2O. The smallest absolute Gasteiger partial charge is 0.112 e. The quantitative estimate of drug-likeness (QED) is 0.527. The Labute approximate surface area is 55.6 Å². The van der Waals surface area contributed by atoms with Crippen LogP contribution in [0.25, 0.3) is 0 Å². The van der Waals surface area contributed by atoms with E-state index in [1.54, 1.807) is 0 Å². The summed E-state index contributed by atoms with van der Waals surface area (Å²) in [5.41, 5.74) is 5.60. The third kappa shape index (κ3) is 1.93. The summed E-state index contributed by atoms with van der Waals surface area (Å²) >= 11 is 0. The zero-order chi connectivity index (χ0) is 6.69. The van der Waals surface area contributed by atoms with Crippen LogP contribution in [-0.4, -0.2) is 25.4 Å². The summed E-state index contributed by atoms with van der Waals surface area (Å²) in [4.78, 5) is 0. The highest BCUT2D eigenvalue weighted by Gasteiger charge is 2.17. The van der Waals surface area contributed by atoms with Crippen molar-refractivity contribution < 1.29 is 4.74 Å². The molecular weight excluding hydrogens is 116 g/mol. The lowest BCUT2D eigenvalue weighted by Crippen LogP contribution is -2.40. The van der Waals surface area contributed by atoms with Gasteiger partial charge in [-0.25, -0.2) is 5.32 Å². The Morgan fingerprint density at radius 1 is 1.78 bits per heavy atom. The van der Waals surface area contributed by atoms with E-state index in [0.717, 1.165) is 13.0 Å². The normalized spacial score (nSPS) is 32.0. The number of rotatable bonds is 1. The minimum absolute atomic E-state index is 0.153. The maximum absolute atomic E-state index is 5.60. The molecule has 0 bridgehead atoms. The van der Waals surface area contributed by atoms with Crippen molar-refractivity contribution in [2.24, 2.45) is 5.73 Å². The van der Waals surface area contributed by atoms with Crippen LogP contribution in [-0.2, 0) is 4.74 Å². The van der Waals surface area contributed by atoms with Crippen molar-refractivity contribution in [2.75, 3.05) is 13.3 Å². The molecule has 53 valence electrons. The monoisotopic (exact) mass is 129 g/mol. The molecule has 1 saturated heterocycles. The van der Waals surface area contributed by atoms with Crippen LogP contribution in [0.15, 0.2) is 0 Å².